The predicted octanol–water partition coefficient (Wildman–Crippen LogP) is 2.72. The molecule has 2 heteroatoms. The second kappa shape index (κ2) is 6.77. The summed E-state index contributed by atoms with van der Waals surface area (Å²) in [5.74, 6) is 0.377. The van der Waals surface area contributed by atoms with Gasteiger partial charge >= 0.3 is 0 Å². The fourth-order valence-corrected chi connectivity index (χ4v) is 1.96. The minimum atomic E-state index is 0.273. The number of rotatable bonds is 6. The first-order valence-electron chi connectivity index (χ1n) is 6.46. The topological polar surface area (TPSA) is 32.3 Å². The number of benzene rings is 1. The largest absolute Gasteiger partial charge is 0.396 e. The quantitative estimate of drug-likeness (QED) is 0.794. The van der Waals surface area contributed by atoms with Crippen LogP contribution in [0.5, 0.6) is 0 Å². The van der Waals surface area contributed by atoms with Crippen molar-refractivity contribution in [3.05, 3.63) is 34.4 Å². The van der Waals surface area contributed by atoms with E-state index in [4.69, 9.17) is 5.11 Å². The molecule has 1 atom stereocenters. The van der Waals surface area contributed by atoms with E-state index in [1.807, 2.05) is 0 Å². The van der Waals surface area contributed by atoms with Crippen molar-refractivity contribution in [3.63, 3.8) is 0 Å². The Bertz CT molecular complexity index is 356. The monoisotopic (exact) mass is 235 g/mol. The lowest BCUT2D eigenvalue weighted by atomic mass is 10.0. The van der Waals surface area contributed by atoms with Crippen molar-refractivity contribution in [1.29, 1.82) is 0 Å². The Morgan fingerprint density at radius 3 is 2.35 bits per heavy atom. The van der Waals surface area contributed by atoms with E-state index >= 15 is 0 Å². The molecule has 1 aromatic carbocycles. The van der Waals surface area contributed by atoms with E-state index in [1.165, 1.54) is 22.3 Å². The molecule has 1 unspecified atom stereocenters. The van der Waals surface area contributed by atoms with Gasteiger partial charge in [-0.2, -0.15) is 0 Å². The molecule has 0 heterocycles. The van der Waals surface area contributed by atoms with Gasteiger partial charge in [-0.05, 0) is 55.4 Å². The van der Waals surface area contributed by atoms with E-state index in [1.54, 1.807) is 0 Å². The van der Waals surface area contributed by atoms with Gasteiger partial charge in [0, 0.05) is 19.7 Å². The second-order valence-electron chi connectivity index (χ2n) is 4.95. The Morgan fingerprint density at radius 2 is 1.76 bits per heavy atom. The zero-order valence-corrected chi connectivity index (χ0v) is 11.5. The average molecular weight is 235 g/mol. The third-order valence-electron chi connectivity index (χ3n) is 3.54. The Morgan fingerprint density at radius 1 is 1.12 bits per heavy atom. The van der Waals surface area contributed by atoms with E-state index in [2.05, 4.69) is 45.1 Å². The highest BCUT2D eigenvalue weighted by Crippen LogP contribution is 2.15. The SMILES string of the molecule is CCC(CO)CNCc1cc(C)c(C)cc1C. The molecule has 1 rings (SSSR count). The van der Waals surface area contributed by atoms with E-state index in [0.717, 1.165) is 19.5 Å². The molecule has 2 N–H and O–H groups in total. The van der Waals surface area contributed by atoms with Gasteiger partial charge in [-0.3, -0.25) is 0 Å². The molecule has 1 aromatic rings. The molecule has 0 fully saturated rings. The molecule has 0 radical (unpaired) electrons. The van der Waals surface area contributed by atoms with Crippen LogP contribution in [0, 0.1) is 26.7 Å². The first kappa shape index (κ1) is 14.2. The van der Waals surface area contributed by atoms with Crippen LogP contribution in [-0.4, -0.2) is 18.3 Å². The number of aryl methyl sites for hydroxylation is 3. The molecule has 96 valence electrons. The van der Waals surface area contributed by atoms with Gasteiger partial charge in [0.05, 0.1) is 0 Å². The number of hydrogen-bond donors (Lipinski definition) is 2. The summed E-state index contributed by atoms with van der Waals surface area (Å²) in [6.45, 7) is 10.6. The number of aliphatic hydroxyl groups excluding tert-OH is 1. The van der Waals surface area contributed by atoms with Crippen molar-refractivity contribution in [3.8, 4) is 0 Å². The standard InChI is InChI=1S/C15H25NO/c1-5-14(10-17)8-16-9-15-7-12(3)11(2)6-13(15)4/h6-7,14,16-17H,5,8-10H2,1-4H3. The van der Waals surface area contributed by atoms with Crippen LogP contribution in [0.2, 0.25) is 0 Å². The van der Waals surface area contributed by atoms with Gasteiger partial charge in [-0.25, -0.2) is 0 Å². The molecule has 17 heavy (non-hydrogen) atoms. The highest BCUT2D eigenvalue weighted by Gasteiger charge is 2.05. The molecule has 0 saturated heterocycles. The summed E-state index contributed by atoms with van der Waals surface area (Å²) in [5.41, 5.74) is 5.41. The van der Waals surface area contributed by atoms with Crippen LogP contribution in [0.4, 0.5) is 0 Å². The minimum Gasteiger partial charge on any atom is -0.396 e. The van der Waals surface area contributed by atoms with Crippen molar-refractivity contribution in [2.75, 3.05) is 13.2 Å². The van der Waals surface area contributed by atoms with Crippen LogP contribution in [0.3, 0.4) is 0 Å². The summed E-state index contributed by atoms with van der Waals surface area (Å²) < 4.78 is 0. The van der Waals surface area contributed by atoms with Gasteiger partial charge in [0.25, 0.3) is 0 Å². The fourth-order valence-electron chi connectivity index (χ4n) is 1.96. The van der Waals surface area contributed by atoms with E-state index in [9.17, 15) is 0 Å². The number of hydrogen-bond acceptors (Lipinski definition) is 2. The first-order valence-corrected chi connectivity index (χ1v) is 6.46. The van der Waals surface area contributed by atoms with Crippen LogP contribution in [0.15, 0.2) is 12.1 Å². The maximum Gasteiger partial charge on any atom is 0.0471 e. The van der Waals surface area contributed by atoms with Gasteiger partial charge < -0.3 is 10.4 Å². The molecule has 0 aromatic heterocycles. The Kier molecular flexibility index (Phi) is 5.66. The Balaban J connectivity index is 2.55. The van der Waals surface area contributed by atoms with Gasteiger partial charge in [-0.15, -0.1) is 0 Å². The predicted molar refractivity (Wildman–Crippen MR) is 73.2 cm³/mol. The highest BCUT2D eigenvalue weighted by molar-refractivity contribution is 5.36. The smallest absolute Gasteiger partial charge is 0.0471 e. The van der Waals surface area contributed by atoms with E-state index in [0.29, 0.717) is 5.92 Å². The minimum absolute atomic E-state index is 0.273. The third-order valence-corrected chi connectivity index (χ3v) is 3.54. The molecule has 0 bridgehead atoms. The lowest BCUT2D eigenvalue weighted by Crippen LogP contribution is -2.24. The fraction of sp³-hybridized carbons (Fsp3) is 0.600. The third kappa shape index (κ3) is 4.14. The second-order valence-corrected chi connectivity index (χ2v) is 4.95. The molecule has 2 nitrogen and oxygen atoms in total. The highest BCUT2D eigenvalue weighted by atomic mass is 16.3. The molecule has 0 aliphatic carbocycles. The van der Waals surface area contributed by atoms with Crippen molar-refractivity contribution in [2.24, 2.45) is 5.92 Å². The zero-order valence-electron chi connectivity index (χ0n) is 11.5. The molecular formula is C15H25NO. The van der Waals surface area contributed by atoms with Crippen LogP contribution in [0.1, 0.15) is 35.6 Å². The molecule has 0 aliphatic rings. The molecule has 0 aliphatic heterocycles. The summed E-state index contributed by atoms with van der Waals surface area (Å²) in [4.78, 5) is 0. The van der Waals surface area contributed by atoms with Crippen LogP contribution in [-0.2, 0) is 6.54 Å². The number of aliphatic hydroxyl groups is 1. The molecule has 0 spiro atoms. The van der Waals surface area contributed by atoms with E-state index in [-0.39, 0.29) is 6.61 Å². The van der Waals surface area contributed by atoms with Crippen molar-refractivity contribution < 1.29 is 5.11 Å². The lowest BCUT2D eigenvalue weighted by Gasteiger charge is -2.14. The Labute approximate surface area is 105 Å². The maximum atomic E-state index is 9.12. The summed E-state index contributed by atoms with van der Waals surface area (Å²) in [5, 5.41) is 12.5. The average Bonchev–Trinajstić information content (AvgIpc) is 2.31. The van der Waals surface area contributed by atoms with Crippen LogP contribution >= 0.6 is 0 Å². The van der Waals surface area contributed by atoms with Gasteiger partial charge in [0.15, 0.2) is 0 Å². The Hall–Kier alpha value is -0.860. The molecular weight excluding hydrogens is 210 g/mol. The van der Waals surface area contributed by atoms with Crippen molar-refractivity contribution in [2.45, 2.75) is 40.7 Å². The summed E-state index contributed by atoms with van der Waals surface area (Å²) in [7, 11) is 0. The van der Waals surface area contributed by atoms with Gasteiger partial charge in [0.1, 0.15) is 0 Å². The van der Waals surface area contributed by atoms with Crippen LogP contribution < -0.4 is 5.32 Å². The van der Waals surface area contributed by atoms with Crippen molar-refractivity contribution in [1.82, 2.24) is 5.32 Å². The zero-order chi connectivity index (χ0) is 12.8. The van der Waals surface area contributed by atoms with E-state index < -0.39 is 0 Å². The first-order chi connectivity index (χ1) is 8.08. The molecule has 0 amide bonds. The molecule has 0 saturated carbocycles. The van der Waals surface area contributed by atoms with Crippen molar-refractivity contribution >= 4 is 0 Å². The maximum absolute atomic E-state index is 9.12. The van der Waals surface area contributed by atoms with Crippen LogP contribution in [0.25, 0.3) is 0 Å². The number of nitrogens with one attached hydrogen (secondary N) is 1. The summed E-state index contributed by atoms with van der Waals surface area (Å²) in [6, 6.07) is 4.51. The van der Waals surface area contributed by atoms with Gasteiger partial charge in [0.2, 0.25) is 0 Å². The summed E-state index contributed by atoms with van der Waals surface area (Å²) in [6.07, 6.45) is 1.02. The lowest BCUT2D eigenvalue weighted by molar-refractivity contribution is 0.218. The summed E-state index contributed by atoms with van der Waals surface area (Å²) >= 11 is 0. The van der Waals surface area contributed by atoms with Gasteiger partial charge in [-0.1, -0.05) is 19.1 Å². The normalized spacial score (nSPS) is 12.8.